The molecule has 0 aliphatic carbocycles. The number of halogens is 2. The molecule has 1 aliphatic rings. The third-order valence-corrected chi connectivity index (χ3v) is 8.65. The molecule has 0 bridgehead atoms. The molecule has 0 N–H and O–H groups in total. The van der Waals surface area contributed by atoms with Crippen LogP contribution in [-0.2, 0) is 13.0 Å². The Balaban J connectivity index is 1.77. The first-order chi connectivity index (χ1) is 11.1. The standard InChI is InChI=1S/C17H20Cl2N2S2/c1-2-15-11-22-17(23-15,5-7-21-8-6-20-12-21)10-13-3-4-14(18)9-16(13)19/h3-4,6,8-9,12,15H,2,5,7,10-11H2,1H3. The van der Waals surface area contributed by atoms with Crippen molar-refractivity contribution in [1.29, 1.82) is 0 Å². The zero-order valence-electron chi connectivity index (χ0n) is 13.0. The lowest BCUT2D eigenvalue weighted by Gasteiger charge is -2.29. The number of hydrogen-bond acceptors (Lipinski definition) is 3. The summed E-state index contributed by atoms with van der Waals surface area (Å²) in [6.45, 7) is 3.26. The number of hydrogen-bond donors (Lipinski definition) is 0. The van der Waals surface area contributed by atoms with Gasteiger partial charge in [-0.25, -0.2) is 4.98 Å². The van der Waals surface area contributed by atoms with E-state index < -0.39 is 0 Å². The molecule has 1 aliphatic heterocycles. The fourth-order valence-corrected chi connectivity index (χ4v) is 7.08. The van der Waals surface area contributed by atoms with E-state index in [0.29, 0.717) is 5.02 Å². The molecule has 0 radical (unpaired) electrons. The number of rotatable bonds is 6. The number of imidazole rings is 1. The minimum absolute atomic E-state index is 0.183. The van der Waals surface area contributed by atoms with Crippen molar-refractivity contribution < 1.29 is 0 Å². The van der Waals surface area contributed by atoms with Crippen LogP contribution in [0.4, 0.5) is 0 Å². The molecule has 3 rings (SSSR count). The lowest BCUT2D eigenvalue weighted by molar-refractivity contribution is 0.597. The van der Waals surface area contributed by atoms with Crippen LogP contribution < -0.4 is 0 Å². The predicted molar refractivity (Wildman–Crippen MR) is 104 cm³/mol. The number of thioether (sulfide) groups is 2. The minimum atomic E-state index is 0.183. The molecular weight excluding hydrogens is 367 g/mol. The van der Waals surface area contributed by atoms with Crippen LogP contribution in [0.5, 0.6) is 0 Å². The van der Waals surface area contributed by atoms with Crippen molar-refractivity contribution in [1.82, 2.24) is 9.55 Å². The third kappa shape index (κ3) is 4.41. The van der Waals surface area contributed by atoms with Crippen molar-refractivity contribution in [2.75, 3.05) is 5.75 Å². The number of benzene rings is 1. The maximum atomic E-state index is 6.42. The van der Waals surface area contributed by atoms with E-state index in [0.717, 1.165) is 29.7 Å². The van der Waals surface area contributed by atoms with Crippen molar-refractivity contribution >= 4 is 46.7 Å². The molecular formula is C17H20Cl2N2S2. The molecule has 2 nitrogen and oxygen atoms in total. The topological polar surface area (TPSA) is 17.8 Å². The molecule has 124 valence electrons. The number of aryl methyl sites for hydroxylation is 1. The average Bonchev–Trinajstić information content (AvgIpc) is 3.18. The van der Waals surface area contributed by atoms with Crippen molar-refractivity contribution in [3.8, 4) is 0 Å². The summed E-state index contributed by atoms with van der Waals surface area (Å²) in [7, 11) is 0. The molecule has 1 saturated heterocycles. The van der Waals surface area contributed by atoms with Crippen molar-refractivity contribution in [2.45, 2.75) is 42.1 Å². The van der Waals surface area contributed by atoms with Gasteiger partial charge in [-0.3, -0.25) is 0 Å². The second kappa shape index (κ2) is 7.73. The first kappa shape index (κ1) is 17.5. The van der Waals surface area contributed by atoms with E-state index >= 15 is 0 Å². The number of nitrogens with zero attached hydrogens (tertiary/aromatic N) is 2. The maximum Gasteiger partial charge on any atom is 0.0945 e. The zero-order valence-corrected chi connectivity index (χ0v) is 16.2. The van der Waals surface area contributed by atoms with E-state index in [1.807, 2.05) is 30.9 Å². The highest BCUT2D eigenvalue weighted by Gasteiger charge is 2.40. The third-order valence-electron chi connectivity index (χ3n) is 4.15. The van der Waals surface area contributed by atoms with Gasteiger partial charge in [-0.2, -0.15) is 0 Å². The molecule has 2 heterocycles. The summed E-state index contributed by atoms with van der Waals surface area (Å²) < 4.78 is 2.34. The summed E-state index contributed by atoms with van der Waals surface area (Å²) in [5.74, 6) is 1.22. The van der Waals surface area contributed by atoms with Crippen LogP contribution in [0.15, 0.2) is 36.9 Å². The first-order valence-corrected chi connectivity index (χ1v) is 10.4. The quantitative estimate of drug-likeness (QED) is 0.626. The highest BCUT2D eigenvalue weighted by atomic mass is 35.5. The van der Waals surface area contributed by atoms with Gasteiger partial charge in [0.1, 0.15) is 0 Å². The Kier molecular flexibility index (Phi) is 5.89. The van der Waals surface area contributed by atoms with E-state index in [-0.39, 0.29) is 4.08 Å². The van der Waals surface area contributed by atoms with E-state index in [1.54, 1.807) is 0 Å². The Morgan fingerprint density at radius 1 is 1.39 bits per heavy atom. The normalized spacial score (nSPS) is 24.2. The van der Waals surface area contributed by atoms with Gasteiger partial charge in [0.2, 0.25) is 0 Å². The summed E-state index contributed by atoms with van der Waals surface area (Å²) in [6, 6.07) is 5.86. The molecule has 2 aromatic rings. The van der Waals surface area contributed by atoms with Crippen molar-refractivity contribution in [3.63, 3.8) is 0 Å². The first-order valence-electron chi connectivity index (χ1n) is 7.82. The fraction of sp³-hybridized carbons (Fsp3) is 0.471. The summed E-state index contributed by atoms with van der Waals surface area (Å²) in [5.41, 5.74) is 1.19. The van der Waals surface area contributed by atoms with Crippen molar-refractivity contribution in [2.24, 2.45) is 0 Å². The summed E-state index contributed by atoms with van der Waals surface area (Å²) in [6.07, 6.45) is 9.07. The monoisotopic (exact) mass is 386 g/mol. The molecule has 2 atom stereocenters. The molecule has 1 aromatic carbocycles. The smallest absolute Gasteiger partial charge is 0.0945 e. The van der Waals surface area contributed by atoms with Gasteiger partial charge in [0.05, 0.1) is 10.4 Å². The highest BCUT2D eigenvalue weighted by Crippen LogP contribution is 2.53. The molecule has 23 heavy (non-hydrogen) atoms. The van der Waals surface area contributed by atoms with Crippen molar-refractivity contribution in [3.05, 3.63) is 52.5 Å². The largest absolute Gasteiger partial charge is 0.337 e. The van der Waals surface area contributed by atoms with Crippen LogP contribution in [0.25, 0.3) is 0 Å². The van der Waals surface area contributed by atoms with Crippen LogP contribution in [-0.4, -0.2) is 24.6 Å². The van der Waals surface area contributed by atoms with Crippen LogP contribution in [0.1, 0.15) is 25.3 Å². The van der Waals surface area contributed by atoms with E-state index in [4.69, 9.17) is 23.2 Å². The van der Waals surface area contributed by atoms with Crippen LogP contribution in [0, 0.1) is 0 Å². The second-order valence-corrected chi connectivity index (χ2v) is 10.0. The molecule has 1 aromatic heterocycles. The van der Waals surface area contributed by atoms with E-state index in [2.05, 4.69) is 46.1 Å². The molecule has 1 fully saturated rings. The molecule has 0 saturated carbocycles. The van der Waals surface area contributed by atoms with Crippen LogP contribution in [0.2, 0.25) is 10.0 Å². The minimum Gasteiger partial charge on any atom is -0.337 e. The second-order valence-electron chi connectivity index (χ2n) is 5.83. The van der Waals surface area contributed by atoms with Gasteiger partial charge in [0, 0.05) is 40.0 Å². The van der Waals surface area contributed by atoms with Gasteiger partial charge >= 0.3 is 0 Å². The maximum absolute atomic E-state index is 6.42. The highest BCUT2D eigenvalue weighted by molar-refractivity contribution is 8.21. The Morgan fingerprint density at radius 2 is 2.26 bits per heavy atom. The zero-order chi connectivity index (χ0) is 16.3. The molecule has 0 amide bonds. The summed E-state index contributed by atoms with van der Waals surface area (Å²) in [5, 5.41) is 2.21. The Hall–Kier alpha value is -0.290. The van der Waals surface area contributed by atoms with Gasteiger partial charge in [-0.15, -0.1) is 23.5 Å². The Bertz CT molecular complexity index is 648. The Morgan fingerprint density at radius 3 is 2.91 bits per heavy atom. The van der Waals surface area contributed by atoms with Gasteiger partial charge in [-0.1, -0.05) is 36.2 Å². The number of aromatic nitrogens is 2. The fourth-order valence-electron chi connectivity index (χ4n) is 2.80. The van der Waals surface area contributed by atoms with E-state index in [9.17, 15) is 0 Å². The van der Waals surface area contributed by atoms with Gasteiger partial charge < -0.3 is 4.57 Å². The van der Waals surface area contributed by atoms with Gasteiger partial charge in [0.25, 0.3) is 0 Å². The Labute approximate surface area is 156 Å². The SMILES string of the molecule is CCC1CSC(CCn2ccnc2)(Cc2ccc(Cl)cc2Cl)S1. The average molecular weight is 387 g/mol. The lowest BCUT2D eigenvalue weighted by atomic mass is 10.1. The molecule has 2 unspecified atom stereocenters. The van der Waals surface area contributed by atoms with Crippen LogP contribution in [0.3, 0.4) is 0 Å². The van der Waals surface area contributed by atoms with Crippen LogP contribution >= 0.6 is 46.7 Å². The summed E-state index contributed by atoms with van der Waals surface area (Å²) >= 11 is 16.7. The van der Waals surface area contributed by atoms with Gasteiger partial charge in [0.15, 0.2) is 0 Å². The predicted octanol–water partition coefficient (Wildman–Crippen LogP) is 5.78. The van der Waals surface area contributed by atoms with Gasteiger partial charge in [-0.05, 0) is 37.0 Å². The van der Waals surface area contributed by atoms with E-state index in [1.165, 1.54) is 17.7 Å². The molecule has 0 spiro atoms. The lowest BCUT2D eigenvalue weighted by Crippen LogP contribution is -2.23. The summed E-state index contributed by atoms with van der Waals surface area (Å²) in [4.78, 5) is 4.14. The molecule has 6 heteroatoms.